The highest BCUT2D eigenvalue weighted by molar-refractivity contribution is 5.33. The minimum absolute atomic E-state index is 0.214. The van der Waals surface area contributed by atoms with E-state index in [9.17, 15) is 0 Å². The Morgan fingerprint density at radius 1 is 1.20 bits per heavy atom. The second kappa shape index (κ2) is 5.76. The number of benzene rings is 1. The third-order valence-corrected chi connectivity index (χ3v) is 2.21. The van der Waals surface area contributed by atoms with E-state index in [4.69, 9.17) is 4.74 Å². The number of likely N-dealkylation sites (N-methyl/N-ethyl adjacent to an activating group) is 1. The average molecular weight is 207 g/mol. The van der Waals surface area contributed by atoms with E-state index in [-0.39, 0.29) is 6.10 Å². The van der Waals surface area contributed by atoms with E-state index >= 15 is 0 Å². The summed E-state index contributed by atoms with van der Waals surface area (Å²) in [7, 11) is 0. The maximum atomic E-state index is 5.82. The highest BCUT2D eigenvalue weighted by Gasteiger charge is 2.03. The van der Waals surface area contributed by atoms with E-state index in [1.807, 2.05) is 0 Å². The van der Waals surface area contributed by atoms with Crippen LogP contribution in [0.2, 0.25) is 0 Å². The molecule has 2 heteroatoms. The highest BCUT2D eigenvalue weighted by atomic mass is 16.5. The van der Waals surface area contributed by atoms with Gasteiger partial charge in [-0.25, -0.2) is 0 Å². The van der Waals surface area contributed by atoms with Crippen LogP contribution in [0.4, 0.5) is 0 Å². The summed E-state index contributed by atoms with van der Waals surface area (Å²) in [6.07, 6.45) is 0.214. The summed E-state index contributed by atoms with van der Waals surface area (Å²) in [6, 6.07) is 6.31. The molecule has 0 fully saturated rings. The van der Waals surface area contributed by atoms with Gasteiger partial charge in [0.05, 0.1) is 0 Å². The van der Waals surface area contributed by atoms with Crippen LogP contribution in [0, 0.1) is 13.8 Å². The Balaban J connectivity index is 2.56. The average Bonchev–Trinajstić information content (AvgIpc) is 2.13. The molecule has 2 nitrogen and oxygen atoms in total. The molecule has 0 bridgehead atoms. The summed E-state index contributed by atoms with van der Waals surface area (Å²) in [5.74, 6) is 0.970. The molecule has 0 amide bonds. The first-order valence-corrected chi connectivity index (χ1v) is 5.57. The molecular weight excluding hydrogens is 186 g/mol. The van der Waals surface area contributed by atoms with Crippen LogP contribution in [0.1, 0.15) is 25.0 Å². The zero-order chi connectivity index (χ0) is 11.3. The number of aryl methyl sites for hydroxylation is 2. The molecule has 0 aliphatic rings. The van der Waals surface area contributed by atoms with Crippen LogP contribution >= 0.6 is 0 Å². The van der Waals surface area contributed by atoms with Gasteiger partial charge >= 0.3 is 0 Å². The fraction of sp³-hybridized carbons (Fsp3) is 0.538. The van der Waals surface area contributed by atoms with E-state index in [0.29, 0.717) is 0 Å². The summed E-state index contributed by atoms with van der Waals surface area (Å²) >= 11 is 0. The number of hydrogen-bond acceptors (Lipinski definition) is 2. The molecule has 1 aromatic carbocycles. The van der Waals surface area contributed by atoms with Gasteiger partial charge in [-0.15, -0.1) is 0 Å². The Bertz CT molecular complexity index is 289. The molecule has 1 aromatic rings. The minimum atomic E-state index is 0.214. The first kappa shape index (κ1) is 12.1. The molecule has 0 radical (unpaired) electrons. The van der Waals surface area contributed by atoms with Crippen LogP contribution in [0.25, 0.3) is 0 Å². The van der Waals surface area contributed by atoms with Crippen LogP contribution in [0.15, 0.2) is 18.2 Å². The summed E-state index contributed by atoms with van der Waals surface area (Å²) < 4.78 is 5.82. The number of rotatable bonds is 5. The molecule has 84 valence electrons. The van der Waals surface area contributed by atoms with Crippen molar-refractivity contribution in [2.45, 2.75) is 33.8 Å². The van der Waals surface area contributed by atoms with E-state index in [0.717, 1.165) is 18.8 Å². The van der Waals surface area contributed by atoms with Gasteiger partial charge in [-0.1, -0.05) is 13.0 Å². The van der Waals surface area contributed by atoms with Gasteiger partial charge in [0.1, 0.15) is 11.9 Å². The lowest BCUT2D eigenvalue weighted by Crippen LogP contribution is -2.28. The van der Waals surface area contributed by atoms with Crippen LogP contribution in [0.5, 0.6) is 5.75 Å². The molecule has 0 spiro atoms. The maximum Gasteiger partial charge on any atom is 0.120 e. The lowest BCUT2D eigenvalue weighted by Gasteiger charge is -2.15. The SMILES string of the molecule is CCNCC(C)Oc1cc(C)cc(C)c1. The lowest BCUT2D eigenvalue weighted by molar-refractivity contribution is 0.218. The van der Waals surface area contributed by atoms with Crippen LogP contribution < -0.4 is 10.1 Å². The summed E-state index contributed by atoms with van der Waals surface area (Å²) in [5, 5.41) is 3.27. The van der Waals surface area contributed by atoms with E-state index in [2.05, 4.69) is 51.2 Å². The molecule has 0 saturated carbocycles. The summed E-state index contributed by atoms with van der Waals surface area (Å²) in [6.45, 7) is 10.2. The quantitative estimate of drug-likeness (QED) is 0.801. The highest BCUT2D eigenvalue weighted by Crippen LogP contribution is 2.17. The maximum absolute atomic E-state index is 5.82. The second-order valence-electron chi connectivity index (χ2n) is 4.06. The first-order valence-electron chi connectivity index (χ1n) is 5.57. The van der Waals surface area contributed by atoms with Crippen molar-refractivity contribution in [2.75, 3.05) is 13.1 Å². The predicted molar refractivity (Wildman–Crippen MR) is 64.5 cm³/mol. The van der Waals surface area contributed by atoms with Crippen molar-refractivity contribution in [3.63, 3.8) is 0 Å². The summed E-state index contributed by atoms with van der Waals surface area (Å²) in [5.41, 5.74) is 2.50. The molecule has 15 heavy (non-hydrogen) atoms. The predicted octanol–water partition coefficient (Wildman–Crippen LogP) is 2.68. The molecule has 0 aliphatic carbocycles. The fourth-order valence-electron chi connectivity index (χ4n) is 1.62. The Morgan fingerprint density at radius 2 is 1.80 bits per heavy atom. The van der Waals surface area contributed by atoms with Crippen molar-refractivity contribution in [1.82, 2.24) is 5.32 Å². The normalized spacial score (nSPS) is 12.5. The van der Waals surface area contributed by atoms with Gasteiger partial charge < -0.3 is 10.1 Å². The fourth-order valence-corrected chi connectivity index (χ4v) is 1.62. The molecule has 1 unspecified atom stereocenters. The minimum Gasteiger partial charge on any atom is -0.489 e. The van der Waals surface area contributed by atoms with Crippen LogP contribution in [-0.4, -0.2) is 19.2 Å². The topological polar surface area (TPSA) is 21.3 Å². The van der Waals surface area contributed by atoms with Crippen LogP contribution in [0.3, 0.4) is 0 Å². The van der Waals surface area contributed by atoms with Gasteiger partial charge in [-0.05, 0) is 50.6 Å². The molecule has 0 aliphatic heterocycles. The Labute approximate surface area is 92.6 Å². The van der Waals surface area contributed by atoms with Gasteiger partial charge in [0.15, 0.2) is 0 Å². The largest absolute Gasteiger partial charge is 0.489 e. The number of hydrogen-bond donors (Lipinski definition) is 1. The molecule has 1 rings (SSSR count). The third kappa shape index (κ3) is 4.34. The van der Waals surface area contributed by atoms with Crippen molar-refractivity contribution in [3.05, 3.63) is 29.3 Å². The van der Waals surface area contributed by atoms with E-state index in [1.165, 1.54) is 11.1 Å². The van der Waals surface area contributed by atoms with Gasteiger partial charge in [-0.2, -0.15) is 0 Å². The molecule has 0 saturated heterocycles. The van der Waals surface area contributed by atoms with E-state index < -0.39 is 0 Å². The van der Waals surface area contributed by atoms with Gasteiger partial charge in [0, 0.05) is 6.54 Å². The van der Waals surface area contributed by atoms with Crippen LogP contribution in [-0.2, 0) is 0 Å². The summed E-state index contributed by atoms with van der Waals surface area (Å²) in [4.78, 5) is 0. The first-order chi connectivity index (χ1) is 7.11. The van der Waals surface area contributed by atoms with Crippen molar-refractivity contribution in [1.29, 1.82) is 0 Å². The monoisotopic (exact) mass is 207 g/mol. The molecular formula is C13H21NO. The van der Waals surface area contributed by atoms with Gasteiger partial charge in [-0.3, -0.25) is 0 Å². The molecule has 1 N–H and O–H groups in total. The van der Waals surface area contributed by atoms with Crippen molar-refractivity contribution >= 4 is 0 Å². The standard InChI is InChI=1S/C13H21NO/c1-5-14-9-12(4)15-13-7-10(2)6-11(3)8-13/h6-8,12,14H,5,9H2,1-4H3. The van der Waals surface area contributed by atoms with E-state index in [1.54, 1.807) is 0 Å². The second-order valence-corrected chi connectivity index (χ2v) is 4.06. The Hall–Kier alpha value is -1.02. The smallest absolute Gasteiger partial charge is 0.120 e. The van der Waals surface area contributed by atoms with Gasteiger partial charge in [0.2, 0.25) is 0 Å². The lowest BCUT2D eigenvalue weighted by atomic mass is 10.1. The Kier molecular flexibility index (Phi) is 4.63. The van der Waals surface area contributed by atoms with Gasteiger partial charge in [0.25, 0.3) is 0 Å². The number of ether oxygens (including phenoxy) is 1. The zero-order valence-corrected chi connectivity index (χ0v) is 10.1. The molecule has 0 aromatic heterocycles. The van der Waals surface area contributed by atoms with Crippen molar-refractivity contribution < 1.29 is 4.74 Å². The Morgan fingerprint density at radius 3 is 2.33 bits per heavy atom. The van der Waals surface area contributed by atoms with Crippen molar-refractivity contribution in [3.8, 4) is 5.75 Å². The third-order valence-electron chi connectivity index (χ3n) is 2.21. The van der Waals surface area contributed by atoms with Crippen molar-refractivity contribution in [2.24, 2.45) is 0 Å². The number of nitrogens with one attached hydrogen (secondary N) is 1. The molecule has 0 heterocycles. The molecule has 1 atom stereocenters. The zero-order valence-electron chi connectivity index (χ0n) is 10.1.